The zero-order chi connectivity index (χ0) is 8.97. The summed E-state index contributed by atoms with van der Waals surface area (Å²) in [6.07, 6.45) is 2.51. The number of hydrogen-bond donors (Lipinski definition) is 1. The van der Waals surface area contributed by atoms with Crippen LogP contribution in [0, 0.1) is 5.92 Å². The first kappa shape index (κ1) is 10.2. The molecule has 4 heteroatoms. The Hall–Kier alpha value is 0.160. The van der Waals surface area contributed by atoms with Crippen LogP contribution in [0.1, 0.15) is 19.8 Å². The molecule has 0 spiro atoms. The number of piperidine rings is 1. The molecule has 0 aromatic rings. The number of rotatable bonds is 2. The van der Waals surface area contributed by atoms with Crippen LogP contribution in [0.3, 0.4) is 0 Å². The second-order valence-electron chi connectivity index (χ2n) is 3.31. The summed E-state index contributed by atoms with van der Waals surface area (Å²) in [5, 5.41) is 2.87. The number of nitrogens with one attached hydrogen (secondary N) is 1. The average Bonchev–Trinajstić information content (AvgIpc) is 2.01. The van der Waals surface area contributed by atoms with E-state index in [1.165, 1.54) is 19.4 Å². The van der Waals surface area contributed by atoms with Crippen LogP contribution in [0.5, 0.6) is 0 Å². The molecule has 0 aromatic carbocycles. The molecule has 1 aliphatic heterocycles. The van der Waals surface area contributed by atoms with Crippen molar-refractivity contribution < 1.29 is 4.79 Å². The van der Waals surface area contributed by atoms with Crippen molar-refractivity contribution >= 4 is 28.8 Å². The van der Waals surface area contributed by atoms with E-state index >= 15 is 0 Å². The van der Waals surface area contributed by atoms with Gasteiger partial charge >= 0.3 is 0 Å². The Morgan fingerprint density at radius 1 is 1.75 bits per heavy atom. The van der Waals surface area contributed by atoms with Gasteiger partial charge in [0.2, 0.25) is 5.91 Å². The number of amides is 1. The Morgan fingerprint density at radius 2 is 2.50 bits per heavy atom. The van der Waals surface area contributed by atoms with Crippen molar-refractivity contribution in [2.24, 2.45) is 5.92 Å². The smallest absolute Gasteiger partial charge is 0.216 e. The van der Waals surface area contributed by atoms with Gasteiger partial charge in [-0.15, -0.1) is 0 Å². The highest BCUT2D eigenvalue weighted by atomic mass is 127. The molecule has 3 nitrogen and oxygen atoms in total. The molecule has 70 valence electrons. The molecule has 1 heterocycles. The van der Waals surface area contributed by atoms with E-state index in [0.717, 1.165) is 13.1 Å². The molecule has 0 saturated carbocycles. The number of nitrogens with zero attached hydrogens (tertiary/aromatic N) is 1. The summed E-state index contributed by atoms with van der Waals surface area (Å²) in [4.78, 5) is 10.6. The molecule has 0 aromatic heterocycles. The van der Waals surface area contributed by atoms with Crippen molar-refractivity contribution in [2.45, 2.75) is 19.8 Å². The predicted molar refractivity (Wildman–Crippen MR) is 57.0 cm³/mol. The Kier molecular flexibility index (Phi) is 4.28. The lowest BCUT2D eigenvalue weighted by Crippen LogP contribution is -2.36. The number of hydrogen-bond acceptors (Lipinski definition) is 2. The zero-order valence-electron chi connectivity index (χ0n) is 7.35. The summed E-state index contributed by atoms with van der Waals surface area (Å²) in [6, 6.07) is 0. The second kappa shape index (κ2) is 5.01. The largest absolute Gasteiger partial charge is 0.356 e. The maximum Gasteiger partial charge on any atom is 0.216 e. The molecule has 1 saturated heterocycles. The highest BCUT2D eigenvalue weighted by Gasteiger charge is 2.17. The first-order valence-electron chi connectivity index (χ1n) is 4.33. The fourth-order valence-electron chi connectivity index (χ4n) is 1.47. The third-order valence-electron chi connectivity index (χ3n) is 2.11. The minimum absolute atomic E-state index is 0.0839. The monoisotopic (exact) mass is 282 g/mol. The molecule has 1 rings (SSSR count). The zero-order valence-corrected chi connectivity index (χ0v) is 9.50. The van der Waals surface area contributed by atoms with Crippen molar-refractivity contribution in [1.82, 2.24) is 8.43 Å². The van der Waals surface area contributed by atoms with Crippen LogP contribution >= 0.6 is 22.9 Å². The third kappa shape index (κ3) is 3.71. The summed E-state index contributed by atoms with van der Waals surface area (Å²) < 4.78 is 2.30. The van der Waals surface area contributed by atoms with Crippen LogP contribution < -0.4 is 5.32 Å². The summed E-state index contributed by atoms with van der Waals surface area (Å²) in [5.41, 5.74) is 0. The maximum absolute atomic E-state index is 10.6. The van der Waals surface area contributed by atoms with E-state index in [0.29, 0.717) is 5.92 Å². The maximum atomic E-state index is 10.6. The van der Waals surface area contributed by atoms with Gasteiger partial charge in [-0.2, -0.15) is 0 Å². The summed E-state index contributed by atoms with van der Waals surface area (Å²) in [7, 11) is 0. The van der Waals surface area contributed by atoms with Crippen molar-refractivity contribution in [3.8, 4) is 0 Å². The summed E-state index contributed by atoms with van der Waals surface area (Å²) in [6.45, 7) is 4.72. The van der Waals surface area contributed by atoms with E-state index in [4.69, 9.17) is 0 Å². The first-order valence-corrected chi connectivity index (χ1v) is 5.30. The molecule has 1 aliphatic rings. The topological polar surface area (TPSA) is 32.3 Å². The van der Waals surface area contributed by atoms with Crippen LogP contribution in [-0.2, 0) is 4.79 Å². The van der Waals surface area contributed by atoms with Crippen LogP contribution in [-0.4, -0.2) is 28.7 Å². The molecule has 1 fully saturated rings. The lowest BCUT2D eigenvalue weighted by Gasteiger charge is -2.27. The van der Waals surface area contributed by atoms with Crippen LogP contribution in [0.2, 0.25) is 0 Å². The molecular weight excluding hydrogens is 267 g/mol. The van der Waals surface area contributed by atoms with Gasteiger partial charge in [0.15, 0.2) is 0 Å². The van der Waals surface area contributed by atoms with E-state index in [1.54, 1.807) is 6.92 Å². The van der Waals surface area contributed by atoms with Crippen molar-refractivity contribution in [3.63, 3.8) is 0 Å². The van der Waals surface area contributed by atoms with Gasteiger partial charge < -0.3 is 5.32 Å². The van der Waals surface area contributed by atoms with Crippen molar-refractivity contribution in [3.05, 3.63) is 0 Å². The van der Waals surface area contributed by atoms with Gasteiger partial charge in [-0.25, -0.2) is 3.11 Å². The Balaban J connectivity index is 2.18. The quantitative estimate of drug-likeness (QED) is 0.609. The highest BCUT2D eigenvalue weighted by molar-refractivity contribution is 14.1. The minimum Gasteiger partial charge on any atom is -0.356 e. The van der Waals surface area contributed by atoms with E-state index in [-0.39, 0.29) is 5.91 Å². The van der Waals surface area contributed by atoms with E-state index in [1.807, 2.05) is 0 Å². The first-order chi connectivity index (χ1) is 5.68. The van der Waals surface area contributed by atoms with Crippen molar-refractivity contribution in [1.29, 1.82) is 0 Å². The van der Waals surface area contributed by atoms with Crippen LogP contribution in [0.4, 0.5) is 0 Å². The van der Waals surface area contributed by atoms with Gasteiger partial charge in [0, 0.05) is 49.4 Å². The highest BCUT2D eigenvalue weighted by Crippen LogP contribution is 2.18. The van der Waals surface area contributed by atoms with Gasteiger partial charge in [0.05, 0.1) is 0 Å². The third-order valence-corrected chi connectivity index (χ3v) is 2.99. The van der Waals surface area contributed by atoms with E-state index in [2.05, 4.69) is 31.3 Å². The van der Waals surface area contributed by atoms with Gasteiger partial charge in [-0.3, -0.25) is 4.79 Å². The number of carbonyl (C=O) groups excluding carboxylic acids is 1. The summed E-state index contributed by atoms with van der Waals surface area (Å²) in [5.74, 6) is 0.736. The Morgan fingerprint density at radius 3 is 3.08 bits per heavy atom. The summed E-state index contributed by atoms with van der Waals surface area (Å²) >= 11 is 2.35. The molecule has 1 amide bonds. The number of halogens is 1. The Labute approximate surface area is 87.4 Å². The molecule has 12 heavy (non-hydrogen) atoms. The normalized spacial score (nSPS) is 25.3. The second-order valence-corrected chi connectivity index (χ2v) is 4.68. The SMILES string of the molecule is CC(=O)NCC1CCCN(I)C1. The fourth-order valence-corrected chi connectivity index (χ4v) is 2.37. The van der Waals surface area contributed by atoms with Gasteiger partial charge in [0.25, 0.3) is 0 Å². The molecular formula is C8H15IN2O. The molecule has 1 N–H and O–H groups in total. The van der Waals surface area contributed by atoms with Gasteiger partial charge in [-0.1, -0.05) is 0 Å². The lowest BCUT2D eigenvalue weighted by atomic mass is 10.00. The molecule has 1 atom stereocenters. The number of carbonyl (C=O) groups is 1. The molecule has 0 bridgehead atoms. The van der Waals surface area contributed by atoms with Crippen molar-refractivity contribution in [2.75, 3.05) is 19.6 Å². The average molecular weight is 282 g/mol. The van der Waals surface area contributed by atoms with Crippen LogP contribution in [0.15, 0.2) is 0 Å². The predicted octanol–water partition coefficient (Wildman–Crippen LogP) is 1.18. The molecule has 0 aliphatic carbocycles. The van der Waals surface area contributed by atoms with Gasteiger partial charge in [-0.05, 0) is 18.8 Å². The van der Waals surface area contributed by atoms with Gasteiger partial charge in [0.1, 0.15) is 0 Å². The lowest BCUT2D eigenvalue weighted by molar-refractivity contribution is -0.119. The Bertz CT molecular complexity index is 163. The van der Waals surface area contributed by atoms with E-state index < -0.39 is 0 Å². The fraction of sp³-hybridized carbons (Fsp3) is 0.875. The van der Waals surface area contributed by atoms with Crippen LogP contribution in [0.25, 0.3) is 0 Å². The minimum atomic E-state index is 0.0839. The standard InChI is InChI=1S/C8H15IN2O/c1-7(12)10-5-8-3-2-4-11(9)6-8/h8H,2-6H2,1H3,(H,10,12). The van der Waals surface area contributed by atoms with E-state index in [9.17, 15) is 4.79 Å². The molecule has 1 unspecified atom stereocenters. The molecule has 0 radical (unpaired) electrons.